The van der Waals surface area contributed by atoms with Gasteiger partial charge in [0, 0.05) is 5.02 Å². The average molecular weight is 302 g/mol. The smallest absolute Gasteiger partial charge is 0.232 e. The first-order chi connectivity index (χ1) is 8.98. The molecule has 1 aromatic rings. The number of aliphatic hydroxyl groups is 1. The lowest BCUT2D eigenvalue weighted by atomic mass is 10.2. The minimum Gasteiger partial charge on any atom is -0.384 e. The van der Waals surface area contributed by atoms with Gasteiger partial charge in [0.15, 0.2) is 0 Å². The first-order valence-corrected chi connectivity index (χ1v) is 7.91. The van der Waals surface area contributed by atoms with Crippen molar-refractivity contribution in [2.75, 3.05) is 17.1 Å². The molecule has 0 aliphatic rings. The Balaban J connectivity index is 3.00. The summed E-state index contributed by atoms with van der Waals surface area (Å²) < 4.78 is 26.1. The van der Waals surface area contributed by atoms with E-state index in [1.54, 1.807) is 18.2 Å². The van der Waals surface area contributed by atoms with Crippen molar-refractivity contribution >= 4 is 27.3 Å². The Morgan fingerprint density at radius 2 is 2.16 bits per heavy atom. The highest BCUT2D eigenvalue weighted by Gasteiger charge is 2.12. The number of anilines is 1. The highest BCUT2D eigenvalue weighted by atomic mass is 35.5. The topological polar surface area (TPSA) is 66.4 Å². The zero-order valence-electron chi connectivity index (χ0n) is 10.6. The van der Waals surface area contributed by atoms with E-state index in [9.17, 15) is 8.42 Å². The van der Waals surface area contributed by atoms with Gasteiger partial charge in [0.1, 0.15) is 6.61 Å². The van der Waals surface area contributed by atoms with Crippen LogP contribution in [0.5, 0.6) is 0 Å². The van der Waals surface area contributed by atoms with E-state index in [1.807, 2.05) is 6.92 Å². The SMILES string of the molecule is CCCCS(=O)(=O)Nc1ccc(Cl)cc1C#CCO. The van der Waals surface area contributed by atoms with E-state index in [1.165, 1.54) is 0 Å². The third-order valence-corrected chi connectivity index (χ3v) is 3.91. The average Bonchev–Trinajstić information content (AvgIpc) is 2.36. The molecule has 0 radical (unpaired) electrons. The first kappa shape index (κ1) is 15.8. The van der Waals surface area contributed by atoms with Crippen molar-refractivity contribution in [1.82, 2.24) is 0 Å². The van der Waals surface area contributed by atoms with Gasteiger partial charge in [-0.15, -0.1) is 0 Å². The third kappa shape index (κ3) is 5.52. The van der Waals surface area contributed by atoms with E-state index in [-0.39, 0.29) is 12.4 Å². The molecule has 0 aliphatic carbocycles. The van der Waals surface area contributed by atoms with E-state index in [0.717, 1.165) is 6.42 Å². The maximum atomic E-state index is 11.8. The number of rotatable bonds is 5. The molecule has 0 unspecified atom stereocenters. The Bertz CT molecular complexity index is 588. The zero-order valence-corrected chi connectivity index (χ0v) is 12.2. The van der Waals surface area contributed by atoms with Crippen LogP contribution >= 0.6 is 11.6 Å². The van der Waals surface area contributed by atoms with Crippen molar-refractivity contribution in [3.8, 4) is 11.8 Å². The minimum absolute atomic E-state index is 0.0684. The molecule has 2 N–H and O–H groups in total. The Labute approximate surface area is 118 Å². The molecule has 0 saturated heterocycles. The number of benzene rings is 1. The molecule has 19 heavy (non-hydrogen) atoms. The lowest BCUT2D eigenvalue weighted by Crippen LogP contribution is -2.17. The van der Waals surface area contributed by atoms with Crippen LogP contribution in [0.15, 0.2) is 18.2 Å². The summed E-state index contributed by atoms with van der Waals surface area (Å²) in [6.45, 7) is 1.63. The second-order valence-electron chi connectivity index (χ2n) is 3.92. The summed E-state index contributed by atoms with van der Waals surface area (Å²) in [5, 5.41) is 9.15. The van der Waals surface area contributed by atoms with Crippen molar-refractivity contribution in [1.29, 1.82) is 0 Å². The summed E-state index contributed by atoms with van der Waals surface area (Å²) in [5.41, 5.74) is 0.822. The van der Waals surface area contributed by atoms with Gasteiger partial charge in [0.25, 0.3) is 0 Å². The lowest BCUT2D eigenvalue weighted by Gasteiger charge is -2.09. The summed E-state index contributed by atoms with van der Waals surface area (Å²) >= 11 is 5.84. The van der Waals surface area contributed by atoms with Gasteiger partial charge in [0.2, 0.25) is 10.0 Å². The molecule has 0 aromatic heterocycles. The van der Waals surface area contributed by atoms with Crippen LogP contribution in [0.3, 0.4) is 0 Å². The number of aliphatic hydroxyl groups excluding tert-OH is 1. The molecule has 0 saturated carbocycles. The predicted molar refractivity (Wildman–Crippen MR) is 77.7 cm³/mol. The molecule has 0 atom stereocenters. The van der Waals surface area contributed by atoms with Crippen LogP contribution in [0, 0.1) is 11.8 Å². The first-order valence-electron chi connectivity index (χ1n) is 5.88. The largest absolute Gasteiger partial charge is 0.384 e. The van der Waals surface area contributed by atoms with Crippen molar-refractivity contribution in [3.63, 3.8) is 0 Å². The highest BCUT2D eigenvalue weighted by molar-refractivity contribution is 7.92. The zero-order chi connectivity index (χ0) is 14.3. The molecule has 0 aliphatic heterocycles. The number of halogens is 1. The second kappa shape index (κ2) is 7.39. The van der Waals surface area contributed by atoms with Crippen molar-refractivity contribution < 1.29 is 13.5 Å². The Morgan fingerprint density at radius 1 is 1.42 bits per heavy atom. The molecule has 0 spiro atoms. The normalized spacial score (nSPS) is 10.7. The van der Waals surface area contributed by atoms with Crippen LogP contribution in [-0.4, -0.2) is 25.9 Å². The number of hydrogen-bond donors (Lipinski definition) is 2. The molecular weight excluding hydrogens is 286 g/mol. The van der Waals surface area contributed by atoms with Gasteiger partial charge in [-0.2, -0.15) is 0 Å². The fraction of sp³-hybridized carbons (Fsp3) is 0.385. The molecule has 104 valence electrons. The van der Waals surface area contributed by atoms with Crippen molar-refractivity contribution in [2.45, 2.75) is 19.8 Å². The lowest BCUT2D eigenvalue weighted by molar-refractivity contribution is 0.350. The van der Waals surface area contributed by atoms with Crippen LogP contribution < -0.4 is 4.72 Å². The standard InChI is InChI=1S/C13H16ClNO3S/c1-2-3-9-19(17,18)15-13-7-6-12(14)10-11(13)5-4-8-16/h6-7,10,15-16H,2-3,8-9H2,1H3. The van der Waals surface area contributed by atoms with Crippen LogP contribution in [0.2, 0.25) is 5.02 Å². The second-order valence-corrected chi connectivity index (χ2v) is 6.20. The summed E-state index contributed by atoms with van der Waals surface area (Å²) in [6, 6.07) is 4.71. The Kier molecular flexibility index (Phi) is 6.16. The fourth-order valence-corrected chi connectivity index (χ4v) is 2.85. The fourth-order valence-electron chi connectivity index (χ4n) is 1.40. The van der Waals surface area contributed by atoms with Gasteiger partial charge in [-0.3, -0.25) is 4.72 Å². The van der Waals surface area contributed by atoms with Crippen LogP contribution in [0.1, 0.15) is 25.3 Å². The van der Waals surface area contributed by atoms with Crippen LogP contribution in [0.4, 0.5) is 5.69 Å². The number of unbranched alkanes of at least 4 members (excludes halogenated alkanes) is 1. The quantitative estimate of drug-likeness (QED) is 0.820. The molecule has 1 aromatic carbocycles. The third-order valence-electron chi connectivity index (χ3n) is 2.32. The highest BCUT2D eigenvalue weighted by Crippen LogP contribution is 2.21. The van der Waals surface area contributed by atoms with Crippen LogP contribution in [0.25, 0.3) is 0 Å². The van der Waals surface area contributed by atoms with E-state index < -0.39 is 10.0 Å². The van der Waals surface area contributed by atoms with Gasteiger partial charge in [0.05, 0.1) is 17.0 Å². The molecular formula is C13H16ClNO3S. The summed E-state index contributed by atoms with van der Waals surface area (Å²) in [4.78, 5) is 0. The maximum absolute atomic E-state index is 11.8. The van der Waals surface area contributed by atoms with E-state index >= 15 is 0 Å². The molecule has 0 fully saturated rings. The minimum atomic E-state index is -3.38. The van der Waals surface area contributed by atoms with Gasteiger partial charge in [-0.25, -0.2) is 8.42 Å². The van der Waals surface area contributed by atoms with E-state index in [2.05, 4.69) is 16.6 Å². The van der Waals surface area contributed by atoms with Gasteiger partial charge < -0.3 is 5.11 Å². The molecule has 6 heteroatoms. The maximum Gasteiger partial charge on any atom is 0.232 e. The summed E-state index contributed by atoms with van der Waals surface area (Å²) in [5.74, 6) is 5.21. The molecule has 0 amide bonds. The molecule has 0 heterocycles. The van der Waals surface area contributed by atoms with Crippen molar-refractivity contribution in [2.24, 2.45) is 0 Å². The van der Waals surface area contributed by atoms with E-state index in [0.29, 0.717) is 22.7 Å². The van der Waals surface area contributed by atoms with Gasteiger partial charge in [-0.05, 0) is 24.6 Å². The molecule has 0 bridgehead atoms. The van der Waals surface area contributed by atoms with Gasteiger partial charge in [-0.1, -0.05) is 36.8 Å². The van der Waals surface area contributed by atoms with Crippen molar-refractivity contribution in [3.05, 3.63) is 28.8 Å². The van der Waals surface area contributed by atoms with Gasteiger partial charge >= 0.3 is 0 Å². The Hall–Kier alpha value is -1.22. The monoisotopic (exact) mass is 301 g/mol. The molecule has 4 nitrogen and oxygen atoms in total. The predicted octanol–water partition coefficient (Wildman–Crippen LogP) is 2.23. The number of sulfonamides is 1. The van der Waals surface area contributed by atoms with Crippen LogP contribution in [-0.2, 0) is 10.0 Å². The number of hydrogen-bond acceptors (Lipinski definition) is 3. The van der Waals surface area contributed by atoms with E-state index in [4.69, 9.17) is 16.7 Å². The number of nitrogens with one attached hydrogen (secondary N) is 1. The molecule has 1 rings (SSSR count). The Morgan fingerprint density at radius 3 is 2.79 bits per heavy atom. The summed E-state index contributed by atoms with van der Waals surface area (Å²) in [6.07, 6.45) is 1.40. The summed E-state index contributed by atoms with van der Waals surface area (Å²) in [7, 11) is -3.38.